The van der Waals surface area contributed by atoms with E-state index in [-0.39, 0.29) is 5.91 Å². The molecule has 0 radical (unpaired) electrons. The minimum Gasteiger partial charge on any atom is -0.496 e. The van der Waals surface area contributed by atoms with E-state index >= 15 is 0 Å². The maximum atomic E-state index is 12.2. The Bertz CT molecular complexity index is 585. The fourth-order valence-electron chi connectivity index (χ4n) is 2.77. The van der Waals surface area contributed by atoms with Crippen LogP contribution in [0, 0.1) is 17.3 Å². The fraction of sp³-hybridized carbons (Fsp3) is 0.467. The van der Waals surface area contributed by atoms with Gasteiger partial charge in [-0.2, -0.15) is 0 Å². The second-order valence-electron chi connectivity index (χ2n) is 5.79. The number of carbonyl (C=O) groups excluding carboxylic acids is 1. The summed E-state index contributed by atoms with van der Waals surface area (Å²) in [7, 11) is 1.57. The van der Waals surface area contributed by atoms with E-state index in [1.807, 2.05) is 18.2 Å². The summed E-state index contributed by atoms with van der Waals surface area (Å²) < 4.78 is 6.13. The highest BCUT2D eigenvalue weighted by Gasteiger charge is 2.65. The Balaban J connectivity index is 2.03. The molecule has 1 amide bonds. The van der Waals surface area contributed by atoms with E-state index in [4.69, 9.17) is 9.84 Å². The number of carboxylic acids is 1. The first-order valence-corrected chi connectivity index (χ1v) is 7.41. The Labute approximate surface area is 131 Å². The van der Waals surface area contributed by atoms with Gasteiger partial charge in [-0.1, -0.05) is 29.8 Å². The van der Waals surface area contributed by atoms with Gasteiger partial charge in [-0.3, -0.25) is 9.59 Å². The average molecular weight is 356 g/mol. The average Bonchev–Trinajstić information content (AvgIpc) is 2.99. The lowest BCUT2D eigenvalue weighted by Gasteiger charge is -2.10. The third-order valence-electron chi connectivity index (χ3n) is 4.07. The Morgan fingerprint density at radius 2 is 2.05 bits per heavy atom. The lowest BCUT2D eigenvalue weighted by atomic mass is 10.1. The highest BCUT2D eigenvalue weighted by Crippen LogP contribution is 2.58. The third-order valence-corrected chi connectivity index (χ3v) is 4.56. The number of carbonyl (C=O) groups is 2. The molecule has 0 bridgehead atoms. The van der Waals surface area contributed by atoms with Crippen LogP contribution in [-0.4, -0.2) is 24.1 Å². The summed E-state index contributed by atoms with van der Waals surface area (Å²) in [6, 6.07) is 5.53. The Hall–Kier alpha value is -1.56. The molecule has 0 heterocycles. The quantitative estimate of drug-likeness (QED) is 0.850. The fourth-order valence-corrected chi connectivity index (χ4v) is 3.17. The number of ether oxygens (including phenoxy) is 1. The SMILES string of the molecule is COc1ccc(Br)cc1CNC(=O)[C@@H]1[C@H](C(=O)O)C1(C)C. The molecule has 0 aromatic heterocycles. The third kappa shape index (κ3) is 3.05. The highest BCUT2D eigenvalue weighted by atomic mass is 79.9. The van der Waals surface area contributed by atoms with E-state index in [0.717, 1.165) is 10.0 Å². The maximum absolute atomic E-state index is 12.2. The summed E-state index contributed by atoms with van der Waals surface area (Å²) >= 11 is 3.37. The molecule has 114 valence electrons. The maximum Gasteiger partial charge on any atom is 0.307 e. The van der Waals surface area contributed by atoms with Gasteiger partial charge in [0.1, 0.15) is 5.75 Å². The Morgan fingerprint density at radius 1 is 1.38 bits per heavy atom. The van der Waals surface area contributed by atoms with Crippen molar-refractivity contribution in [2.45, 2.75) is 20.4 Å². The summed E-state index contributed by atoms with van der Waals surface area (Å²) in [4.78, 5) is 23.3. The number of nitrogens with one attached hydrogen (secondary N) is 1. The molecule has 1 fully saturated rings. The minimum atomic E-state index is -0.916. The molecule has 2 N–H and O–H groups in total. The molecule has 21 heavy (non-hydrogen) atoms. The van der Waals surface area contributed by atoms with E-state index in [0.29, 0.717) is 12.3 Å². The van der Waals surface area contributed by atoms with Crippen LogP contribution in [0.5, 0.6) is 5.75 Å². The van der Waals surface area contributed by atoms with Crippen molar-refractivity contribution in [3.8, 4) is 5.75 Å². The smallest absolute Gasteiger partial charge is 0.307 e. The highest BCUT2D eigenvalue weighted by molar-refractivity contribution is 9.10. The molecule has 0 unspecified atom stereocenters. The van der Waals surface area contributed by atoms with E-state index < -0.39 is 23.2 Å². The van der Waals surface area contributed by atoms with Crippen LogP contribution >= 0.6 is 15.9 Å². The molecule has 1 aliphatic carbocycles. The van der Waals surface area contributed by atoms with E-state index in [1.165, 1.54) is 0 Å². The first kappa shape index (κ1) is 15.8. The van der Waals surface area contributed by atoms with Crippen molar-refractivity contribution in [1.82, 2.24) is 5.32 Å². The van der Waals surface area contributed by atoms with Crippen molar-refractivity contribution in [2.75, 3.05) is 7.11 Å². The number of hydrogen-bond acceptors (Lipinski definition) is 3. The predicted octanol–water partition coefficient (Wildman–Crippen LogP) is 2.43. The molecule has 1 aliphatic rings. The van der Waals surface area contributed by atoms with Crippen LogP contribution in [0.2, 0.25) is 0 Å². The van der Waals surface area contributed by atoms with Gasteiger partial charge in [0.15, 0.2) is 0 Å². The molecule has 1 aromatic carbocycles. The van der Waals surface area contributed by atoms with E-state index in [9.17, 15) is 9.59 Å². The molecule has 1 aromatic rings. The van der Waals surface area contributed by atoms with Gasteiger partial charge in [-0.25, -0.2) is 0 Å². The summed E-state index contributed by atoms with van der Waals surface area (Å²) in [6.45, 7) is 3.91. The minimum absolute atomic E-state index is 0.227. The zero-order valence-electron chi connectivity index (χ0n) is 12.1. The van der Waals surface area contributed by atoms with Crippen molar-refractivity contribution in [3.63, 3.8) is 0 Å². The van der Waals surface area contributed by atoms with Crippen molar-refractivity contribution in [1.29, 1.82) is 0 Å². The summed E-state index contributed by atoms with van der Waals surface area (Å²) in [6.07, 6.45) is 0. The summed E-state index contributed by atoms with van der Waals surface area (Å²) in [5.74, 6) is -1.55. The normalized spacial score (nSPS) is 22.5. The molecular weight excluding hydrogens is 338 g/mol. The van der Waals surface area contributed by atoms with E-state index in [1.54, 1.807) is 21.0 Å². The van der Waals surface area contributed by atoms with Crippen molar-refractivity contribution in [2.24, 2.45) is 17.3 Å². The number of amides is 1. The lowest BCUT2D eigenvalue weighted by molar-refractivity contribution is -0.140. The van der Waals surface area contributed by atoms with E-state index in [2.05, 4.69) is 21.2 Å². The van der Waals surface area contributed by atoms with Gasteiger partial charge in [0.2, 0.25) is 5.91 Å². The molecule has 0 spiro atoms. The van der Waals surface area contributed by atoms with Crippen LogP contribution < -0.4 is 10.1 Å². The summed E-state index contributed by atoms with van der Waals surface area (Å²) in [5.41, 5.74) is 0.350. The first-order chi connectivity index (χ1) is 9.78. The van der Waals surface area contributed by atoms with Crippen molar-refractivity contribution >= 4 is 27.8 Å². The number of aliphatic carboxylic acids is 1. The van der Waals surface area contributed by atoms with Gasteiger partial charge in [-0.05, 0) is 23.6 Å². The molecule has 1 saturated carbocycles. The number of rotatable bonds is 5. The topological polar surface area (TPSA) is 75.6 Å². The summed E-state index contributed by atoms with van der Waals surface area (Å²) in [5, 5.41) is 11.9. The van der Waals surface area contributed by atoms with Crippen LogP contribution in [-0.2, 0) is 16.1 Å². The van der Waals surface area contributed by atoms with Crippen LogP contribution in [0.4, 0.5) is 0 Å². The zero-order valence-corrected chi connectivity index (χ0v) is 13.7. The van der Waals surface area contributed by atoms with Crippen molar-refractivity contribution < 1.29 is 19.4 Å². The van der Waals surface area contributed by atoms with Crippen LogP contribution in [0.15, 0.2) is 22.7 Å². The van der Waals surface area contributed by atoms with Gasteiger partial charge >= 0.3 is 5.97 Å². The zero-order chi connectivity index (χ0) is 15.8. The molecule has 0 saturated heterocycles. The lowest BCUT2D eigenvalue weighted by Crippen LogP contribution is -2.27. The Morgan fingerprint density at radius 3 is 2.57 bits per heavy atom. The van der Waals surface area contributed by atoms with Crippen LogP contribution in [0.1, 0.15) is 19.4 Å². The number of carboxylic acid groups (broad SMARTS) is 1. The second kappa shape index (κ2) is 5.67. The molecule has 2 atom stereocenters. The van der Waals surface area contributed by atoms with Crippen molar-refractivity contribution in [3.05, 3.63) is 28.2 Å². The first-order valence-electron chi connectivity index (χ1n) is 6.62. The Kier molecular flexibility index (Phi) is 4.27. The number of benzene rings is 1. The van der Waals surface area contributed by atoms with Crippen LogP contribution in [0.25, 0.3) is 0 Å². The van der Waals surface area contributed by atoms with Gasteiger partial charge in [0, 0.05) is 16.6 Å². The molecular formula is C15H18BrNO4. The molecule has 0 aliphatic heterocycles. The van der Waals surface area contributed by atoms with Gasteiger partial charge in [-0.15, -0.1) is 0 Å². The number of halogens is 1. The van der Waals surface area contributed by atoms with Crippen LogP contribution in [0.3, 0.4) is 0 Å². The van der Waals surface area contributed by atoms with Gasteiger partial charge in [0.25, 0.3) is 0 Å². The number of hydrogen-bond donors (Lipinski definition) is 2. The van der Waals surface area contributed by atoms with Gasteiger partial charge in [0.05, 0.1) is 18.9 Å². The predicted molar refractivity (Wildman–Crippen MR) is 80.9 cm³/mol. The largest absolute Gasteiger partial charge is 0.496 e. The molecule has 5 nitrogen and oxygen atoms in total. The van der Waals surface area contributed by atoms with Gasteiger partial charge < -0.3 is 15.2 Å². The standard InChI is InChI=1S/C15H18BrNO4/c1-15(2)11(12(15)14(19)20)13(18)17-7-8-6-9(16)4-5-10(8)21-3/h4-6,11-12H,7H2,1-3H3,(H,17,18)(H,19,20)/t11-,12+/m0/s1. The molecule has 2 rings (SSSR count). The molecule has 6 heteroatoms. The second-order valence-corrected chi connectivity index (χ2v) is 6.70. The number of methoxy groups -OCH3 is 1. The monoisotopic (exact) mass is 355 g/mol.